The van der Waals surface area contributed by atoms with Crippen LogP contribution < -0.4 is 10.6 Å². The fourth-order valence-electron chi connectivity index (χ4n) is 2.68. The molecular weight excluding hydrogens is 345 g/mol. The molecule has 6 nitrogen and oxygen atoms in total. The van der Waals surface area contributed by atoms with E-state index >= 15 is 0 Å². The highest BCUT2D eigenvalue weighted by Gasteiger charge is 2.12. The van der Waals surface area contributed by atoms with Gasteiger partial charge in [0.25, 0.3) is 5.91 Å². The molecule has 0 spiro atoms. The zero-order valence-electron chi connectivity index (χ0n) is 14.3. The predicted octanol–water partition coefficient (Wildman–Crippen LogP) is 3.73. The number of fused-ring (bicyclic) bond motifs is 1. The minimum absolute atomic E-state index is 0.151. The number of carbonyl (C=O) groups is 1. The van der Waals surface area contributed by atoms with Crippen LogP contribution in [0.4, 0.5) is 16.2 Å². The van der Waals surface area contributed by atoms with Crippen molar-refractivity contribution >= 4 is 23.3 Å². The van der Waals surface area contributed by atoms with Gasteiger partial charge in [0, 0.05) is 12.1 Å². The monoisotopic (exact) mass is 361 g/mol. The number of aromatic nitrogens is 3. The summed E-state index contributed by atoms with van der Waals surface area (Å²) in [6, 6.07) is 21.0. The van der Waals surface area contributed by atoms with E-state index in [2.05, 4.69) is 20.7 Å². The number of amides is 1. The lowest BCUT2D eigenvalue weighted by Crippen LogP contribution is -2.13. The number of benzene rings is 2. The van der Waals surface area contributed by atoms with Gasteiger partial charge in [-0.2, -0.15) is 9.50 Å². The third-order valence-electron chi connectivity index (χ3n) is 3.99. The first-order chi connectivity index (χ1) is 13.2. The SMILES string of the molecule is O=C(Nc1nc2cccc(NCc3ccccc3)n2n1)c1cccc(F)c1. The lowest BCUT2D eigenvalue weighted by molar-refractivity contribution is 0.102. The van der Waals surface area contributed by atoms with Crippen molar-refractivity contribution in [3.63, 3.8) is 0 Å². The number of anilines is 2. The Hall–Kier alpha value is -3.74. The summed E-state index contributed by atoms with van der Waals surface area (Å²) in [7, 11) is 0. The molecule has 4 rings (SSSR count). The summed E-state index contributed by atoms with van der Waals surface area (Å²) in [5.41, 5.74) is 1.92. The minimum Gasteiger partial charge on any atom is -0.366 e. The van der Waals surface area contributed by atoms with Crippen molar-refractivity contribution in [2.24, 2.45) is 0 Å². The first-order valence-corrected chi connectivity index (χ1v) is 8.39. The fourth-order valence-corrected chi connectivity index (χ4v) is 2.68. The first-order valence-electron chi connectivity index (χ1n) is 8.39. The summed E-state index contributed by atoms with van der Waals surface area (Å²) in [5.74, 6) is -0.0458. The number of hydrogen-bond acceptors (Lipinski definition) is 4. The summed E-state index contributed by atoms with van der Waals surface area (Å²) in [4.78, 5) is 16.6. The van der Waals surface area contributed by atoms with Crippen molar-refractivity contribution in [2.45, 2.75) is 6.54 Å². The fraction of sp³-hybridized carbons (Fsp3) is 0.0500. The lowest BCUT2D eigenvalue weighted by atomic mass is 10.2. The number of nitrogens with zero attached hydrogens (tertiary/aromatic N) is 3. The van der Waals surface area contributed by atoms with Gasteiger partial charge in [0.05, 0.1) is 0 Å². The molecule has 4 aromatic rings. The highest BCUT2D eigenvalue weighted by molar-refractivity contribution is 6.03. The molecule has 1 amide bonds. The average molecular weight is 361 g/mol. The summed E-state index contributed by atoms with van der Waals surface area (Å²) in [6.45, 7) is 0.630. The predicted molar refractivity (Wildman–Crippen MR) is 101 cm³/mol. The molecule has 0 aliphatic heterocycles. The van der Waals surface area contributed by atoms with Gasteiger partial charge in [-0.15, -0.1) is 5.10 Å². The van der Waals surface area contributed by atoms with E-state index in [0.29, 0.717) is 12.2 Å². The summed E-state index contributed by atoms with van der Waals surface area (Å²) < 4.78 is 14.9. The zero-order chi connectivity index (χ0) is 18.6. The second kappa shape index (κ2) is 7.25. The molecular formula is C20H16FN5O. The van der Waals surface area contributed by atoms with E-state index < -0.39 is 11.7 Å². The molecule has 0 saturated heterocycles. The van der Waals surface area contributed by atoms with Gasteiger partial charge in [0.1, 0.15) is 11.6 Å². The Labute approximate surface area is 154 Å². The number of nitrogens with one attached hydrogen (secondary N) is 2. The standard InChI is InChI=1S/C20H16FN5O/c21-16-9-4-8-15(12-16)19(27)24-20-23-18-11-5-10-17(26(18)25-20)22-13-14-6-2-1-3-7-14/h1-12,22H,13H2,(H,24,25,27). The molecule has 0 atom stereocenters. The van der Waals surface area contributed by atoms with Crippen LogP contribution in [0.3, 0.4) is 0 Å². The summed E-state index contributed by atoms with van der Waals surface area (Å²) in [5, 5.41) is 10.2. The molecule has 0 unspecified atom stereocenters. The molecule has 27 heavy (non-hydrogen) atoms. The molecule has 0 fully saturated rings. The van der Waals surface area contributed by atoms with Crippen LogP contribution in [0.15, 0.2) is 72.8 Å². The van der Waals surface area contributed by atoms with E-state index in [-0.39, 0.29) is 11.5 Å². The molecule has 7 heteroatoms. The molecule has 0 aliphatic rings. The van der Waals surface area contributed by atoms with Gasteiger partial charge in [-0.05, 0) is 35.9 Å². The molecule has 2 N–H and O–H groups in total. The van der Waals surface area contributed by atoms with Crippen molar-refractivity contribution in [2.75, 3.05) is 10.6 Å². The summed E-state index contributed by atoms with van der Waals surface area (Å²) >= 11 is 0. The zero-order valence-corrected chi connectivity index (χ0v) is 14.3. The quantitative estimate of drug-likeness (QED) is 0.568. The molecule has 0 radical (unpaired) electrons. The molecule has 2 heterocycles. The summed E-state index contributed by atoms with van der Waals surface area (Å²) in [6.07, 6.45) is 0. The Balaban J connectivity index is 1.54. The largest absolute Gasteiger partial charge is 0.366 e. The molecule has 0 aliphatic carbocycles. The Morgan fingerprint density at radius 2 is 1.81 bits per heavy atom. The molecule has 2 aromatic carbocycles. The lowest BCUT2D eigenvalue weighted by Gasteiger charge is -2.07. The van der Waals surface area contributed by atoms with Gasteiger partial charge in [-0.3, -0.25) is 10.1 Å². The first kappa shape index (κ1) is 16.7. The highest BCUT2D eigenvalue weighted by Crippen LogP contribution is 2.15. The Morgan fingerprint density at radius 3 is 2.63 bits per heavy atom. The Bertz CT molecular complexity index is 1090. The van der Waals surface area contributed by atoms with Crippen LogP contribution in [0, 0.1) is 5.82 Å². The van der Waals surface area contributed by atoms with Gasteiger partial charge in [-0.25, -0.2) is 4.39 Å². The van der Waals surface area contributed by atoms with Crippen molar-refractivity contribution in [3.8, 4) is 0 Å². The Kier molecular flexibility index (Phi) is 4.49. The van der Waals surface area contributed by atoms with Crippen LogP contribution in [-0.4, -0.2) is 20.5 Å². The van der Waals surface area contributed by atoms with Gasteiger partial charge in [0.2, 0.25) is 5.95 Å². The number of halogens is 1. The van der Waals surface area contributed by atoms with E-state index in [1.54, 1.807) is 10.6 Å². The normalized spacial score (nSPS) is 10.7. The van der Waals surface area contributed by atoms with Gasteiger partial charge in [-0.1, -0.05) is 42.5 Å². The Morgan fingerprint density at radius 1 is 1.00 bits per heavy atom. The van der Waals surface area contributed by atoms with E-state index in [1.165, 1.54) is 18.2 Å². The van der Waals surface area contributed by atoms with E-state index in [9.17, 15) is 9.18 Å². The second-order valence-corrected chi connectivity index (χ2v) is 5.92. The molecule has 134 valence electrons. The van der Waals surface area contributed by atoms with Crippen LogP contribution >= 0.6 is 0 Å². The van der Waals surface area contributed by atoms with Crippen LogP contribution in [0.25, 0.3) is 5.65 Å². The van der Waals surface area contributed by atoms with Gasteiger partial charge < -0.3 is 5.32 Å². The van der Waals surface area contributed by atoms with Crippen molar-refractivity contribution in [3.05, 3.63) is 89.7 Å². The maximum atomic E-state index is 13.3. The number of hydrogen-bond donors (Lipinski definition) is 2. The van der Waals surface area contributed by atoms with E-state index in [0.717, 1.165) is 17.4 Å². The highest BCUT2D eigenvalue weighted by atomic mass is 19.1. The number of rotatable bonds is 5. The van der Waals surface area contributed by atoms with Crippen LogP contribution in [0.2, 0.25) is 0 Å². The maximum absolute atomic E-state index is 13.3. The van der Waals surface area contributed by atoms with E-state index in [1.807, 2.05) is 42.5 Å². The van der Waals surface area contributed by atoms with Crippen LogP contribution in [0.1, 0.15) is 15.9 Å². The van der Waals surface area contributed by atoms with Crippen molar-refractivity contribution < 1.29 is 9.18 Å². The number of pyridine rings is 1. The number of carbonyl (C=O) groups excluding carboxylic acids is 1. The minimum atomic E-state index is -0.474. The van der Waals surface area contributed by atoms with Crippen LogP contribution in [0.5, 0.6) is 0 Å². The van der Waals surface area contributed by atoms with Gasteiger partial charge >= 0.3 is 0 Å². The third kappa shape index (κ3) is 3.77. The van der Waals surface area contributed by atoms with Crippen molar-refractivity contribution in [1.29, 1.82) is 0 Å². The molecule has 0 saturated carbocycles. The second-order valence-electron chi connectivity index (χ2n) is 5.92. The molecule has 0 bridgehead atoms. The van der Waals surface area contributed by atoms with E-state index in [4.69, 9.17) is 0 Å². The van der Waals surface area contributed by atoms with Crippen molar-refractivity contribution in [1.82, 2.24) is 14.6 Å². The maximum Gasteiger partial charge on any atom is 0.258 e. The van der Waals surface area contributed by atoms with Gasteiger partial charge in [0.15, 0.2) is 5.65 Å². The average Bonchev–Trinajstić information content (AvgIpc) is 3.10. The topological polar surface area (TPSA) is 71.3 Å². The molecule has 2 aromatic heterocycles. The van der Waals surface area contributed by atoms with Crippen LogP contribution in [-0.2, 0) is 6.54 Å². The third-order valence-corrected chi connectivity index (χ3v) is 3.99. The smallest absolute Gasteiger partial charge is 0.258 e.